The van der Waals surface area contributed by atoms with Crippen LogP contribution in [0.3, 0.4) is 0 Å². The monoisotopic (exact) mass is 267 g/mol. The first-order chi connectivity index (χ1) is 9.65. The Labute approximate surface area is 116 Å². The predicted octanol–water partition coefficient (Wildman–Crippen LogP) is 4.04. The number of nitrogens with one attached hydrogen (secondary N) is 1. The van der Waals surface area contributed by atoms with Crippen LogP contribution >= 0.6 is 0 Å². The molecule has 0 radical (unpaired) electrons. The molecule has 0 aliphatic carbocycles. The Hall–Kier alpha value is -2.42. The third kappa shape index (κ3) is 2.23. The molecular formula is C17H14FNO. The van der Waals surface area contributed by atoms with E-state index < -0.39 is 0 Å². The van der Waals surface area contributed by atoms with E-state index >= 15 is 0 Å². The summed E-state index contributed by atoms with van der Waals surface area (Å²) in [4.78, 5) is 15.5. The number of Topliss-reactive ketones (excluding diaryl/α,β-unsaturated/α-hetero) is 1. The molecule has 0 amide bonds. The fourth-order valence-electron chi connectivity index (χ4n) is 2.47. The van der Waals surface area contributed by atoms with E-state index in [0.29, 0.717) is 5.56 Å². The Morgan fingerprint density at radius 1 is 1.15 bits per heavy atom. The highest BCUT2D eigenvalue weighted by Gasteiger charge is 2.14. The second-order valence-corrected chi connectivity index (χ2v) is 4.93. The molecule has 1 aromatic heterocycles. The molecule has 0 bridgehead atoms. The van der Waals surface area contributed by atoms with E-state index in [1.165, 1.54) is 12.1 Å². The lowest BCUT2D eigenvalue weighted by Crippen LogP contribution is -2.03. The third-order valence-corrected chi connectivity index (χ3v) is 3.49. The van der Waals surface area contributed by atoms with Crippen molar-refractivity contribution in [3.63, 3.8) is 0 Å². The summed E-state index contributed by atoms with van der Waals surface area (Å²) in [5, 5.41) is 0.972. The van der Waals surface area contributed by atoms with Crippen molar-refractivity contribution in [2.45, 2.75) is 13.3 Å². The van der Waals surface area contributed by atoms with Crippen molar-refractivity contribution in [3.05, 3.63) is 71.2 Å². The van der Waals surface area contributed by atoms with Crippen molar-refractivity contribution in [1.29, 1.82) is 0 Å². The molecule has 0 unspecified atom stereocenters. The van der Waals surface area contributed by atoms with Crippen molar-refractivity contribution in [2.24, 2.45) is 0 Å². The van der Waals surface area contributed by atoms with Crippen LogP contribution in [0.15, 0.2) is 48.7 Å². The molecule has 0 aliphatic heterocycles. The number of benzene rings is 2. The smallest absolute Gasteiger partial charge is 0.169 e. The molecule has 20 heavy (non-hydrogen) atoms. The van der Waals surface area contributed by atoms with Crippen molar-refractivity contribution in [1.82, 2.24) is 4.98 Å². The minimum atomic E-state index is -0.288. The quantitative estimate of drug-likeness (QED) is 0.714. The number of carbonyl (C=O) groups is 1. The molecule has 3 aromatic rings. The summed E-state index contributed by atoms with van der Waals surface area (Å²) in [5.74, 6) is -0.249. The molecule has 2 nitrogen and oxygen atoms in total. The first-order valence-electron chi connectivity index (χ1n) is 6.49. The maximum absolute atomic E-state index is 12.9. The van der Waals surface area contributed by atoms with Crippen LogP contribution in [0.1, 0.15) is 21.5 Å². The Morgan fingerprint density at radius 3 is 2.65 bits per heavy atom. The molecule has 0 spiro atoms. The Kier molecular flexibility index (Phi) is 3.11. The number of aromatic nitrogens is 1. The van der Waals surface area contributed by atoms with E-state index in [1.807, 2.05) is 25.1 Å². The first-order valence-corrected chi connectivity index (χ1v) is 6.49. The molecule has 2 aromatic carbocycles. The van der Waals surface area contributed by atoms with Gasteiger partial charge in [-0.25, -0.2) is 4.39 Å². The van der Waals surface area contributed by atoms with Gasteiger partial charge in [0.25, 0.3) is 0 Å². The first kappa shape index (κ1) is 12.6. The Balaban J connectivity index is 1.95. The number of aromatic amines is 1. The van der Waals surface area contributed by atoms with E-state index in [2.05, 4.69) is 4.98 Å². The minimum Gasteiger partial charge on any atom is -0.360 e. The van der Waals surface area contributed by atoms with E-state index in [4.69, 9.17) is 0 Å². The van der Waals surface area contributed by atoms with Gasteiger partial charge in [-0.2, -0.15) is 0 Å². The van der Waals surface area contributed by atoms with E-state index in [9.17, 15) is 9.18 Å². The summed E-state index contributed by atoms with van der Waals surface area (Å²) in [6, 6.07) is 12.0. The molecule has 3 heteroatoms. The molecule has 0 atom stereocenters. The van der Waals surface area contributed by atoms with Gasteiger partial charge in [0.1, 0.15) is 5.82 Å². The Bertz CT molecular complexity index is 771. The third-order valence-electron chi connectivity index (χ3n) is 3.49. The highest BCUT2D eigenvalue weighted by atomic mass is 19.1. The molecule has 0 fully saturated rings. The lowest BCUT2D eigenvalue weighted by Gasteiger charge is -2.02. The van der Waals surface area contributed by atoms with Gasteiger partial charge in [-0.1, -0.05) is 24.3 Å². The largest absolute Gasteiger partial charge is 0.360 e. The van der Waals surface area contributed by atoms with Gasteiger partial charge < -0.3 is 4.98 Å². The normalized spacial score (nSPS) is 10.9. The van der Waals surface area contributed by atoms with Gasteiger partial charge in [-0.05, 0) is 36.2 Å². The van der Waals surface area contributed by atoms with Crippen LogP contribution in [0.5, 0.6) is 0 Å². The molecule has 0 saturated heterocycles. The number of carbonyl (C=O) groups excluding carboxylic acids is 1. The van der Waals surface area contributed by atoms with Gasteiger partial charge in [0.05, 0.1) is 0 Å². The van der Waals surface area contributed by atoms with Crippen LogP contribution < -0.4 is 0 Å². The number of hydrogen-bond donors (Lipinski definition) is 1. The number of ketones is 1. The van der Waals surface area contributed by atoms with Crippen molar-refractivity contribution in [2.75, 3.05) is 0 Å². The molecule has 0 aliphatic rings. The van der Waals surface area contributed by atoms with Crippen LogP contribution in [-0.2, 0) is 6.42 Å². The summed E-state index contributed by atoms with van der Waals surface area (Å²) in [6.45, 7) is 1.99. The van der Waals surface area contributed by atoms with E-state index in [0.717, 1.165) is 22.0 Å². The van der Waals surface area contributed by atoms with Crippen molar-refractivity contribution in [3.8, 4) is 0 Å². The average Bonchev–Trinajstić information content (AvgIpc) is 2.87. The van der Waals surface area contributed by atoms with Crippen molar-refractivity contribution >= 4 is 16.7 Å². The highest BCUT2D eigenvalue weighted by molar-refractivity contribution is 6.09. The van der Waals surface area contributed by atoms with E-state index in [-0.39, 0.29) is 18.0 Å². The lowest BCUT2D eigenvalue weighted by atomic mass is 10.00. The summed E-state index contributed by atoms with van der Waals surface area (Å²) in [7, 11) is 0. The van der Waals surface area contributed by atoms with Crippen LogP contribution in [0.25, 0.3) is 10.9 Å². The van der Waals surface area contributed by atoms with Crippen molar-refractivity contribution < 1.29 is 9.18 Å². The standard InChI is InChI=1S/C17H14FNO/c1-11-3-2-4-15-17(11)14(10-19-15)16(20)9-12-5-7-13(18)8-6-12/h2-8,10,19H,9H2,1H3. The Morgan fingerprint density at radius 2 is 1.90 bits per heavy atom. The molecule has 1 N–H and O–H groups in total. The number of rotatable bonds is 3. The van der Waals surface area contributed by atoms with Gasteiger partial charge in [-0.15, -0.1) is 0 Å². The van der Waals surface area contributed by atoms with Gasteiger partial charge >= 0.3 is 0 Å². The summed E-state index contributed by atoms with van der Waals surface area (Å²) in [5.41, 5.74) is 3.56. The minimum absolute atomic E-state index is 0.0390. The number of H-pyrrole nitrogens is 1. The van der Waals surface area contributed by atoms with Gasteiger partial charge in [-0.3, -0.25) is 4.79 Å². The zero-order valence-electron chi connectivity index (χ0n) is 11.1. The SMILES string of the molecule is Cc1cccc2[nH]cc(C(=O)Cc3ccc(F)cc3)c12. The van der Waals surface area contributed by atoms with Gasteiger partial charge in [0.2, 0.25) is 0 Å². The second-order valence-electron chi connectivity index (χ2n) is 4.93. The molecule has 0 saturated carbocycles. The molecule has 100 valence electrons. The number of hydrogen-bond acceptors (Lipinski definition) is 1. The maximum atomic E-state index is 12.9. The second kappa shape index (κ2) is 4.93. The number of halogens is 1. The number of fused-ring (bicyclic) bond motifs is 1. The topological polar surface area (TPSA) is 32.9 Å². The lowest BCUT2D eigenvalue weighted by molar-refractivity contribution is 0.0994. The maximum Gasteiger partial charge on any atom is 0.169 e. The molecule has 1 heterocycles. The fourth-order valence-corrected chi connectivity index (χ4v) is 2.47. The molecular weight excluding hydrogens is 253 g/mol. The summed E-state index contributed by atoms with van der Waals surface area (Å²) in [6.07, 6.45) is 2.03. The van der Waals surface area contributed by atoms with Gasteiger partial charge in [0, 0.05) is 29.1 Å². The summed E-state index contributed by atoms with van der Waals surface area (Å²) >= 11 is 0. The summed E-state index contributed by atoms with van der Waals surface area (Å²) < 4.78 is 12.9. The highest BCUT2D eigenvalue weighted by Crippen LogP contribution is 2.23. The zero-order valence-corrected chi connectivity index (χ0v) is 11.1. The average molecular weight is 267 g/mol. The van der Waals surface area contributed by atoms with Crippen LogP contribution in [0, 0.1) is 12.7 Å². The zero-order chi connectivity index (χ0) is 14.1. The fraction of sp³-hybridized carbons (Fsp3) is 0.118. The van der Waals surface area contributed by atoms with E-state index in [1.54, 1.807) is 18.3 Å². The van der Waals surface area contributed by atoms with Gasteiger partial charge in [0.15, 0.2) is 5.78 Å². The van der Waals surface area contributed by atoms with Crippen LogP contribution in [0.2, 0.25) is 0 Å². The van der Waals surface area contributed by atoms with Crippen LogP contribution in [-0.4, -0.2) is 10.8 Å². The number of aryl methyl sites for hydroxylation is 1. The molecule has 3 rings (SSSR count). The predicted molar refractivity (Wildman–Crippen MR) is 77.5 cm³/mol. The van der Waals surface area contributed by atoms with Crippen LogP contribution in [0.4, 0.5) is 4.39 Å².